The zero-order valence-electron chi connectivity index (χ0n) is 9.03. The third-order valence-electron chi connectivity index (χ3n) is 1.82. The molecule has 0 saturated heterocycles. The van der Waals surface area contributed by atoms with Crippen LogP contribution in [0.2, 0.25) is 0 Å². The molecule has 0 aliphatic rings. The predicted octanol–water partition coefficient (Wildman–Crippen LogP) is 3.09. The quantitative estimate of drug-likeness (QED) is 0.632. The van der Waals surface area contributed by atoms with E-state index in [0.29, 0.717) is 0 Å². The van der Waals surface area contributed by atoms with E-state index >= 15 is 0 Å². The van der Waals surface area contributed by atoms with Crippen molar-refractivity contribution in [3.63, 3.8) is 0 Å². The van der Waals surface area contributed by atoms with Gasteiger partial charge in [0.15, 0.2) is 0 Å². The molecule has 2 rings (SSSR count). The predicted molar refractivity (Wildman–Crippen MR) is 63.7 cm³/mol. The maximum Gasteiger partial charge on any atom is 0.127 e. The number of rotatable bonds is 0. The minimum atomic E-state index is 0.00724. The fourth-order valence-electron chi connectivity index (χ4n) is 1.14. The molecule has 0 aliphatic heterocycles. The van der Waals surface area contributed by atoms with Gasteiger partial charge in [0.2, 0.25) is 0 Å². The van der Waals surface area contributed by atoms with Crippen LogP contribution in [0.25, 0.3) is 10.2 Å². The van der Waals surface area contributed by atoms with Crippen molar-refractivity contribution in [2.45, 2.75) is 20.8 Å². The van der Waals surface area contributed by atoms with E-state index in [9.17, 15) is 0 Å². The first kappa shape index (κ1) is 10.1. The Balaban J connectivity index is 2.51. The number of thiophene rings is 1. The summed E-state index contributed by atoms with van der Waals surface area (Å²) < 4.78 is 0. The van der Waals surface area contributed by atoms with Crippen molar-refractivity contribution in [2.24, 2.45) is 5.41 Å². The Morgan fingerprint density at radius 3 is 2.80 bits per heavy atom. The summed E-state index contributed by atoms with van der Waals surface area (Å²) in [4.78, 5) is 9.39. The molecule has 0 aliphatic carbocycles. The molecule has 0 radical (unpaired) electrons. The Hall–Kier alpha value is -1.40. The number of hydrogen-bond donors (Lipinski definition) is 0. The maximum absolute atomic E-state index is 4.20. The van der Waals surface area contributed by atoms with Gasteiger partial charge >= 0.3 is 0 Å². The minimum Gasteiger partial charge on any atom is -0.227 e. The topological polar surface area (TPSA) is 25.8 Å². The van der Waals surface area contributed by atoms with Crippen molar-refractivity contribution in [1.29, 1.82) is 0 Å². The molecule has 0 aromatic carbocycles. The summed E-state index contributed by atoms with van der Waals surface area (Å²) in [6, 6.07) is 2.02. The van der Waals surface area contributed by atoms with Crippen LogP contribution in [0, 0.1) is 17.3 Å². The SMILES string of the molecule is CC(C)(C)C#Cc1ncnc2sccc12. The Morgan fingerprint density at radius 2 is 2.07 bits per heavy atom. The van der Waals surface area contributed by atoms with Crippen molar-refractivity contribution < 1.29 is 0 Å². The molecule has 2 nitrogen and oxygen atoms in total. The molecule has 0 atom stereocenters. The van der Waals surface area contributed by atoms with Gasteiger partial charge in [-0.15, -0.1) is 11.3 Å². The largest absolute Gasteiger partial charge is 0.227 e. The second-order valence-electron chi connectivity index (χ2n) is 4.36. The highest BCUT2D eigenvalue weighted by molar-refractivity contribution is 7.16. The van der Waals surface area contributed by atoms with Crippen LogP contribution >= 0.6 is 11.3 Å². The van der Waals surface area contributed by atoms with Crippen LogP contribution in [0.4, 0.5) is 0 Å². The van der Waals surface area contributed by atoms with Crippen LogP contribution in [0.3, 0.4) is 0 Å². The van der Waals surface area contributed by atoms with Gasteiger partial charge in [0.1, 0.15) is 16.9 Å². The summed E-state index contributed by atoms with van der Waals surface area (Å²) in [6.45, 7) is 6.27. The summed E-state index contributed by atoms with van der Waals surface area (Å²) in [6.07, 6.45) is 1.57. The van der Waals surface area contributed by atoms with E-state index in [1.807, 2.05) is 11.4 Å². The molecule has 2 heterocycles. The summed E-state index contributed by atoms with van der Waals surface area (Å²) in [7, 11) is 0. The van der Waals surface area contributed by atoms with Gasteiger partial charge in [0, 0.05) is 10.8 Å². The normalized spacial score (nSPS) is 11.1. The van der Waals surface area contributed by atoms with Crippen molar-refractivity contribution in [2.75, 3.05) is 0 Å². The first-order valence-corrected chi connectivity index (χ1v) is 5.66. The zero-order valence-corrected chi connectivity index (χ0v) is 9.85. The van der Waals surface area contributed by atoms with E-state index < -0.39 is 0 Å². The monoisotopic (exact) mass is 216 g/mol. The average molecular weight is 216 g/mol. The van der Waals surface area contributed by atoms with Gasteiger partial charge in [0.25, 0.3) is 0 Å². The molecule has 15 heavy (non-hydrogen) atoms. The summed E-state index contributed by atoms with van der Waals surface area (Å²) in [5.41, 5.74) is 0.837. The van der Waals surface area contributed by atoms with E-state index in [0.717, 1.165) is 15.9 Å². The lowest BCUT2D eigenvalue weighted by Gasteiger charge is -2.06. The molecule has 0 bridgehead atoms. The minimum absolute atomic E-state index is 0.00724. The molecular weight excluding hydrogens is 204 g/mol. The molecule has 3 heteroatoms. The van der Waals surface area contributed by atoms with Gasteiger partial charge in [-0.1, -0.05) is 5.92 Å². The average Bonchev–Trinajstić information content (AvgIpc) is 2.61. The molecule has 0 spiro atoms. The van der Waals surface area contributed by atoms with E-state index in [4.69, 9.17) is 0 Å². The summed E-state index contributed by atoms with van der Waals surface area (Å²) in [5, 5.41) is 3.07. The van der Waals surface area contributed by atoms with Crippen molar-refractivity contribution in [3.8, 4) is 11.8 Å². The first-order chi connectivity index (χ1) is 7.06. The molecule has 0 amide bonds. The molecule has 2 aromatic heterocycles. The van der Waals surface area contributed by atoms with Crippen molar-refractivity contribution >= 4 is 21.6 Å². The van der Waals surface area contributed by atoms with E-state index in [2.05, 4.69) is 42.6 Å². The molecule has 0 unspecified atom stereocenters. The highest BCUT2D eigenvalue weighted by Gasteiger charge is 2.05. The van der Waals surface area contributed by atoms with Crippen LogP contribution in [-0.4, -0.2) is 9.97 Å². The Bertz CT molecular complexity index is 538. The molecule has 0 N–H and O–H groups in total. The second-order valence-corrected chi connectivity index (χ2v) is 5.26. The van der Waals surface area contributed by atoms with Crippen LogP contribution in [0.15, 0.2) is 17.8 Å². The van der Waals surface area contributed by atoms with E-state index in [-0.39, 0.29) is 5.41 Å². The van der Waals surface area contributed by atoms with Crippen LogP contribution in [0.5, 0.6) is 0 Å². The molecule has 2 aromatic rings. The van der Waals surface area contributed by atoms with Crippen LogP contribution < -0.4 is 0 Å². The van der Waals surface area contributed by atoms with E-state index in [1.165, 1.54) is 0 Å². The summed E-state index contributed by atoms with van der Waals surface area (Å²) in [5.74, 6) is 6.30. The van der Waals surface area contributed by atoms with Gasteiger partial charge in [-0.3, -0.25) is 0 Å². The van der Waals surface area contributed by atoms with E-state index in [1.54, 1.807) is 17.7 Å². The first-order valence-electron chi connectivity index (χ1n) is 4.78. The molecule has 0 fully saturated rings. The van der Waals surface area contributed by atoms with Crippen molar-refractivity contribution in [1.82, 2.24) is 9.97 Å². The lowest BCUT2D eigenvalue weighted by Crippen LogP contribution is -1.99. The number of fused-ring (bicyclic) bond motifs is 1. The third kappa shape index (κ3) is 2.34. The Morgan fingerprint density at radius 1 is 1.27 bits per heavy atom. The maximum atomic E-state index is 4.20. The molecule has 0 saturated carbocycles. The molecular formula is C12H12N2S. The van der Waals surface area contributed by atoms with Gasteiger partial charge < -0.3 is 0 Å². The third-order valence-corrected chi connectivity index (χ3v) is 2.64. The standard InChI is InChI=1S/C12H12N2S/c1-12(2,3)6-4-10-9-5-7-15-11(9)14-8-13-10/h5,7-8H,1-3H3. The Kier molecular flexibility index (Phi) is 2.45. The van der Waals surface area contributed by atoms with Gasteiger partial charge in [-0.05, 0) is 38.1 Å². The van der Waals surface area contributed by atoms with Crippen LogP contribution in [-0.2, 0) is 0 Å². The smallest absolute Gasteiger partial charge is 0.127 e. The number of aromatic nitrogens is 2. The lowest BCUT2D eigenvalue weighted by atomic mass is 9.98. The number of nitrogens with zero attached hydrogens (tertiary/aromatic N) is 2. The van der Waals surface area contributed by atoms with Crippen molar-refractivity contribution in [3.05, 3.63) is 23.5 Å². The van der Waals surface area contributed by atoms with Gasteiger partial charge in [-0.2, -0.15) is 0 Å². The second kappa shape index (κ2) is 3.63. The Labute approximate surface area is 93.4 Å². The lowest BCUT2D eigenvalue weighted by molar-refractivity contribution is 0.571. The molecule has 76 valence electrons. The van der Waals surface area contributed by atoms with Crippen LogP contribution in [0.1, 0.15) is 26.5 Å². The summed E-state index contributed by atoms with van der Waals surface area (Å²) >= 11 is 1.62. The highest BCUT2D eigenvalue weighted by atomic mass is 32.1. The fraction of sp³-hybridized carbons (Fsp3) is 0.333. The fourth-order valence-corrected chi connectivity index (χ4v) is 1.87. The highest BCUT2D eigenvalue weighted by Crippen LogP contribution is 2.20. The van der Waals surface area contributed by atoms with Gasteiger partial charge in [-0.25, -0.2) is 9.97 Å². The van der Waals surface area contributed by atoms with Gasteiger partial charge in [0.05, 0.1) is 0 Å². The number of hydrogen-bond acceptors (Lipinski definition) is 3. The zero-order chi connectivity index (χ0) is 10.9.